The summed E-state index contributed by atoms with van der Waals surface area (Å²) in [5.41, 5.74) is 6.74. The van der Waals surface area contributed by atoms with Crippen LogP contribution in [-0.4, -0.2) is 31.6 Å². The molecule has 0 saturated carbocycles. The predicted octanol–water partition coefficient (Wildman–Crippen LogP) is 1.92. The number of amides is 1. The second kappa shape index (κ2) is 9.97. The second-order valence-corrected chi connectivity index (χ2v) is 5.34. The molecule has 0 spiro atoms. The summed E-state index contributed by atoms with van der Waals surface area (Å²) < 4.78 is 5.64. The first kappa shape index (κ1) is 18.3. The van der Waals surface area contributed by atoms with Gasteiger partial charge in [0, 0.05) is 12.1 Å². The third kappa shape index (κ3) is 6.55. The SMILES string of the molecule is CCNC(=NCc1ccc(C(N)=O)cc1)NCCOc1ccccc1. The number of benzene rings is 2. The van der Waals surface area contributed by atoms with Crippen LogP contribution in [0.1, 0.15) is 22.8 Å². The highest BCUT2D eigenvalue weighted by atomic mass is 16.5. The van der Waals surface area contributed by atoms with Gasteiger partial charge < -0.3 is 21.1 Å². The second-order valence-electron chi connectivity index (χ2n) is 5.34. The van der Waals surface area contributed by atoms with E-state index in [9.17, 15) is 4.79 Å². The van der Waals surface area contributed by atoms with Crippen molar-refractivity contribution in [3.8, 4) is 5.75 Å². The number of nitrogens with zero attached hydrogens (tertiary/aromatic N) is 1. The monoisotopic (exact) mass is 340 g/mol. The van der Waals surface area contributed by atoms with Crippen LogP contribution in [0.5, 0.6) is 5.75 Å². The molecule has 6 nitrogen and oxygen atoms in total. The molecule has 0 aliphatic rings. The predicted molar refractivity (Wildman–Crippen MR) is 99.7 cm³/mol. The Labute approximate surface area is 148 Å². The van der Waals surface area contributed by atoms with Crippen molar-refractivity contribution in [2.24, 2.45) is 10.7 Å². The van der Waals surface area contributed by atoms with Crippen molar-refractivity contribution < 1.29 is 9.53 Å². The lowest BCUT2D eigenvalue weighted by molar-refractivity contribution is 0.100. The molecule has 0 aliphatic heterocycles. The number of para-hydroxylation sites is 1. The molecule has 0 aliphatic carbocycles. The zero-order valence-corrected chi connectivity index (χ0v) is 14.4. The van der Waals surface area contributed by atoms with Crippen LogP contribution in [0, 0.1) is 0 Å². The molecule has 0 atom stereocenters. The Morgan fingerprint density at radius 2 is 1.80 bits per heavy atom. The molecule has 2 rings (SSSR count). The van der Waals surface area contributed by atoms with Crippen molar-refractivity contribution in [3.05, 3.63) is 65.7 Å². The quantitative estimate of drug-likeness (QED) is 0.389. The van der Waals surface area contributed by atoms with Crippen molar-refractivity contribution in [1.29, 1.82) is 0 Å². The largest absolute Gasteiger partial charge is 0.492 e. The zero-order chi connectivity index (χ0) is 17.9. The number of hydrogen-bond donors (Lipinski definition) is 3. The number of rotatable bonds is 8. The average Bonchev–Trinajstić information content (AvgIpc) is 2.64. The van der Waals surface area contributed by atoms with E-state index in [4.69, 9.17) is 10.5 Å². The molecule has 0 heterocycles. The van der Waals surface area contributed by atoms with Gasteiger partial charge in [0.05, 0.1) is 13.1 Å². The number of guanidine groups is 1. The lowest BCUT2D eigenvalue weighted by Crippen LogP contribution is -2.39. The summed E-state index contributed by atoms with van der Waals surface area (Å²) in [6, 6.07) is 16.8. The maximum atomic E-state index is 11.1. The molecule has 0 radical (unpaired) electrons. The molecule has 2 aromatic rings. The van der Waals surface area contributed by atoms with Crippen LogP contribution in [0.3, 0.4) is 0 Å². The number of carbonyl (C=O) groups is 1. The van der Waals surface area contributed by atoms with E-state index in [0.29, 0.717) is 25.3 Å². The van der Waals surface area contributed by atoms with Crippen LogP contribution in [-0.2, 0) is 6.54 Å². The molecule has 4 N–H and O–H groups in total. The van der Waals surface area contributed by atoms with Crippen molar-refractivity contribution in [1.82, 2.24) is 10.6 Å². The maximum absolute atomic E-state index is 11.1. The summed E-state index contributed by atoms with van der Waals surface area (Å²) in [6.45, 7) is 4.47. The highest BCUT2D eigenvalue weighted by Gasteiger charge is 2.01. The molecular formula is C19H24N4O2. The molecule has 0 saturated heterocycles. The van der Waals surface area contributed by atoms with Crippen molar-refractivity contribution in [2.75, 3.05) is 19.7 Å². The van der Waals surface area contributed by atoms with Gasteiger partial charge in [0.1, 0.15) is 12.4 Å². The van der Waals surface area contributed by atoms with Crippen LogP contribution in [0.25, 0.3) is 0 Å². The molecule has 132 valence electrons. The van der Waals surface area contributed by atoms with Crippen LogP contribution >= 0.6 is 0 Å². The minimum atomic E-state index is -0.427. The lowest BCUT2D eigenvalue weighted by Gasteiger charge is -2.12. The first-order valence-corrected chi connectivity index (χ1v) is 8.28. The summed E-state index contributed by atoms with van der Waals surface area (Å²) in [5, 5.41) is 6.42. The van der Waals surface area contributed by atoms with E-state index in [1.54, 1.807) is 12.1 Å². The molecule has 6 heteroatoms. The Kier molecular flexibility index (Phi) is 7.31. The van der Waals surface area contributed by atoms with Gasteiger partial charge in [-0.1, -0.05) is 30.3 Å². The summed E-state index contributed by atoms with van der Waals surface area (Å²) in [7, 11) is 0. The van der Waals surface area contributed by atoms with Crippen LogP contribution in [0.15, 0.2) is 59.6 Å². The topological polar surface area (TPSA) is 88.7 Å². The number of ether oxygens (including phenoxy) is 1. The highest BCUT2D eigenvalue weighted by Crippen LogP contribution is 2.07. The summed E-state index contributed by atoms with van der Waals surface area (Å²) in [6.07, 6.45) is 0. The van der Waals surface area contributed by atoms with Gasteiger partial charge in [-0.15, -0.1) is 0 Å². The van der Waals surface area contributed by atoms with Crippen LogP contribution in [0.2, 0.25) is 0 Å². The summed E-state index contributed by atoms with van der Waals surface area (Å²) >= 11 is 0. The van der Waals surface area contributed by atoms with E-state index in [0.717, 1.165) is 23.8 Å². The number of primary amides is 1. The minimum Gasteiger partial charge on any atom is -0.492 e. The Morgan fingerprint density at radius 3 is 2.44 bits per heavy atom. The van der Waals surface area contributed by atoms with E-state index >= 15 is 0 Å². The molecule has 0 fully saturated rings. The van der Waals surface area contributed by atoms with E-state index in [1.165, 1.54) is 0 Å². The van der Waals surface area contributed by atoms with Gasteiger partial charge in [-0.25, -0.2) is 4.99 Å². The maximum Gasteiger partial charge on any atom is 0.248 e. The minimum absolute atomic E-state index is 0.427. The summed E-state index contributed by atoms with van der Waals surface area (Å²) in [4.78, 5) is 15.6. The highest BCUT2D eigenvalue weighted by molar-refractivity contribution is 5.92. The first-order chi connectivity index (χ1) is 12.2. The molecule has 25 heavy (non-hydrogen) atoms. The molecule has 0 aromatic heterocycles. The average molecular weight is 340 g/mol. The smallest absolute Gasteiger partial charge is 0.248 e. The van der Waals surface area contributed by atoms with Gasteiger partial charge in [-0.3, -0.25) is 4.79 Å². The number of nitrogens with one attached hydrogen (secondary N) is 2. The molecule has 2 aromatic carbocycles. The number of nitrogens with two attached hydrogens (primary N) is 1. The van der Waals surface area contributed by atoms with Gasteiger partial charge in [0.25, 0.3) is 0 Å². The fourth-order valence-electron chi connectivity index (χ4n) is 2.14. The van der Waals surface area contributed by atoms with E-state index in [-0.39, 0.29) is 0 Å². The van der Waals surface area contributed by atoms with Gasteiger partial charge in [-0.2, -0.15) is 0 Å². The molecule has 0 bridgehead atoms. The van der Waals surface area contributed by atoms with Crippen molar-refractivity contribution in [3.63, 3.8) is 0 Å². The fraction of sp³-hybridized carbons (Fsp3) is 0.263. The standard InChI is InChI=1S/C19H24N4O2/c1-2-21-19(22-12-13-25-17-6-4-3-5-7-17)23-14-15-8-10-16(11-9-15)18(20)24/h3-11H,2,12-14H2,1H3,(H2,20,24)(H2,21,22,23). The molecule has 1 amide bonds. The van der Waals surface area contributed by atoms with Crippen LogP contribution in [0.4, 0.5) is 0 Å². The number of carbonyl (C=O) groups excluding carboxylic acids is 1. The van der Waals surface area contributed by atoms with Gasteiger partial charge >= 0.3 is 0 Å². The number of hydrogen-bond acceptors (Lipinski definition) is 3. The van der Waals surface area contributed by atoms with Gasteiger partial charge in [0.15, 0.2) is 5.96 Å². The first-order valence-electron chi connectivity index (χ1n) is 8.28. The Morgan fingerprint density at radius 1 is 1.08 bits per heavy atom. The molecule has 0 unspecified atom stereocenters. The van der Waals surface area contributed by atoms with E-state index < -0.39 is 5.91 Å². The van der Waals surface area contributed by atoms with Gasteiger partial charge in [0.2, 0.25) is 5.91 Å². The van der Waals surface area contributed by atoms with Crippen molar-refractivity contribution >= 4 is 11.9 Å². The lowest BCUT2D eigenvalue weighted by atomic mass is 10.1. The van der Waals surface area contributed by atoms with E-state index in [2.05, 4.69) is 15.6 Å². The van der Waals surface area contributed by atoms with Gasteiger partial charge in [-0.05, 0) is 36.8 Å². The summed E-state index contributed by atoms with van der Waals surface area (Å²) in [5.74, 6) is 1.14. The fourth-order valence-corrected chi connectivity index (χ4v) is 2.14. The molecular weight excluding hydrogens is 316 g/mol. The van der Waals surface area contributed by atoms with Crippen LogP contribution < -0.4 is 21.1 Å². The van der Waals surface area contributed by atoms with E-state index in [1.807, 2.05) is 49.4 Å². The van der Waals surface area contributed by atoms with Crippen molar-refractivity contribution in [2.45, 2.75) is 13.5 Å². The third-order valence-electron chi connectivity index (χ3n) is 3.41. The Bertz CT molecular complexity index is 684. The zero-order valence-electron chi connectivity index (χ0n) is 14.4. The Hall–Kier alpha value is -3.02. The number of aliphatic imine (C=N–C) groups is 1. The Balaban J connectivity index is 1.82. The normalized spacial score (nSPS) is 11.0. The third-order valence-corrected chi connectivity index (χ3v) is 3.41.